The number of benzene rings is 2. The van der Waals surface area contributed by atoms with Crippen LogP contribution in [0.2, 0.25) is 0 Å². The van der Waals surface area contributed by atoms with Crippen LogP contribution in [0.1, 0.15) is 37.3 Å². The summed E-state index contributed by atoms with van der Waals surface area (Å²) in [6, 6.07) is 14.2. The van der Waals surface area contributed by atoms with E-state index in [0.717, 1.165) is 38.6 Å². The van der Waals surface area contributed by atoms with E-state index in [2.05, 4.69) is 53.0 Å². The molecule has 1 atom stereocenters. The van der Waals surface area contributed by atoms with Gasteiger partial charge in [-0.15, -0.1) is 0 Å². The number of carboxylic acid groups (broad SMARTS) is 1. The number of carboxylic acids is 1. The summed E-state index contributed by atoms with van der Waals surface area (Å²) < 4.78 is 0.972. The Balaban J connectivity index is 2.23. The number of halogens is 1. The third kappa shape index (κ3) is 3.24. The molecule has 2 N–H and O–H groups in total. The van der Waals surface area contributed by atoms with Gasteiger partial charge >= 0.3 is 5.97 Å². The smallest absolute Gasteiger partial charge is 0.307 e. The van der Waals surface area contributed by atoms with Crippen molar-refractivity contribution in [2.75, 3.05) is 0 Å². The second-order valence-electron chi connectivity index (χ2n) is 6.17. The summed E-state index contributed by atoms with van der Waals surface area (Å²) in [5, 5.41) is 10.4. The van der Waals surface area contributed by atoms with Crippen LogP contribution >= 0.6 is 15.9 Å². The molecule has 0 aliphatic heterocycles. The molecule has 0 radical (unpaired) electrons. The van der Waals surface area contributed by atoms with Crippen molar-refractivity contribution < 1.29 is 9.90 Å². The lowest BCUT2D eigenvalue weighted by atomic mass is 9.95. The third-order valence-corrected chi connectivity index (χ3v) is 5.05. The molecule has 24 heavy (non-hydrogen) atoms. The van der Waals surface area contributed by atoms with Crippen molar-refractivity contribution >= 4 is 32.8 Å². The summed E-state index contributed by atoms with van der Waals surface area (Å²) in [5.74, 6) is -0.364. The summed E-state index contributed by atoms with van der Waals surface area (Å²) in [6.07, 6.45) is 1.06. The SMILES string of the molecule is CCC(C)c1ccc2[nH]c(-c3cccc(Br)c3)c(CC(=O)O)c2c1. The minimum atomic E-state index is -0.818. The molecule has 3 rings (SSSR count). The normalized spacial score (nSPS) is 12.5. The molecule has 0 aliphatic rings. The van der Waals surface area contributed by atoms with Gasteiger partial charge in [0.15, 0.2) is 0 Å². The molecular formula is C20H20BrNO2. The van der Waals surface area contributed by atoms with Gasteiger partial charge in [-0.05, 0) is 53.3 Å². The highest BCUT2D eigenvalue weighted by Gasteiger charge is 2.17. The Kier molecular flexibility index (Phi) is 4.76. The molecule has 1 unspecified atom stereocenters. The zero-order valence-corrected chi connectivity index (χ0v) is 15.4. The van der Waals surface area contributed by atoms with Crippen LogP contribution in [0.3, 0.4) is 0 Å². The molecule has 0 fully saturated rings. The van der Waals surface area contributed by atoms with E-state index in [1.54, 1.807) is 0 Å². The molecular weight excluding hydrogens is 366 g/mol. The lowest BCUT2D eigenvalue weighted by Gasteiger charge is -2.09. The van der Waals surface area contributed by atoms with Crippen LogP contribution in [0, 0.1) is 0 Å². The zero-order chi connectivity index (χ0) is 17.3. The first kappa shape index (κ1) is 16.8. The highest BCUT2D eigenvalue weighted by atomic mass is 79.9. The van der Waals surface area contributed by atoms with Crippen LogP contribution in [0.5, 0.6) is 0 Å². The number of carbonyl (C=O) groups is 1. The summed E-state index contributed by atoms with van der Waals surface area (Å²) >= 11 is 3.49. The molecule has 0 bridgehead atoms. The van der Waals surface area contributed by atoms with Gasteiger partial charge in [0, 0.05) is 15.4 Å². The highest BCUT2D eigenvalue weighted by Crippen LogP contribution is 2.34. The Morgan fingerprint density at radius 3 is 2.71 bits per heavy atom. The number of fused-ring (bicyclic) bond motifs is 1. The first-order valence-corrected chi connectivity index (χ1v) is 8.91. The number of aromatic amines is 1. The predicted octanol–water partition coefficient (Wildman–Crippen LogP) is 5.74. The van der Waals surface area contributed by atoms with Gasteiger partial charge in [0.2, 0.25) is 0 Å². The van der Waals surface area contributed by atoms with E-state index in [1.807, 2.05) is 24.3 Å². The Bertz CT molecular complexity index is 898. The van der Waals surface area contributed by atoms with E-state index >= 15 is 0 Å². The number of hydrogen-bond acceptors (Lipinski definition) is 1. The van der Waals surface area contributed by atoms with Crippen molar-refractivity contribution in [1.29, 1.82) is 0 Å². The van der Waals surface area contributed by atoms with Gasteiger partial charge in [-0.25, -0.2) is 0 Å². The molecule has 0 saturated carbocycles. The number of aliphatic carboxylic acids is 1. The minimum absolute atomic E-state index is 0.00576. The summed E-state index contributed by atoms with van der Waals surface area (Å²) in [4.78, 5) is 14.8. The lowest BCUT2D eigenvalue weighted by molar-refractivity contribution is -0.136. The Labute approximate surface area is 149 Å². The third-order valence-electron chi connectivity index (χ3n) is 4.55. The standard InChI is InChI=1S/C20H20BrNO2/c1-3-12(2)13-7-8-18-16(10-13)17(11-19(23)24)20(22-18)14-5-4-6-15(21)9-14/h4-10,12,22H,3,11H2,1-2H3,(H,23,24). The largest absolute Gasteiger partial charge is 0.481 e. The highest BCUT2D eigenvalue weighted by molar-refractivity contribution is 9.10. The van der Waals surface area contributed by atoms with Gasteiger partial charge in [0.1, 0.15) is 0 Å². The van der Waals surface area contributed by atoms with Crippen LogP contribution in [-0.2, 0) is 11.2 Å². The maximum atomic E-state index is 11.4. The van der Waals surface area contributed by atoms with Gasteiger partial charge in [-0.2, -0.15) is 0 Å². The first-order chi connectivity index (χ1) is 11.5. The second kappa shape index (κ2) is 6.81. The zero-order valence-electron chi connectivity index (χ0n) is 13.8. The Morgan fingerprint density at radius 2 is 2.04 bits per heavy atom. The van der Waals surface area contributed by atoms with Gasteiger partial charge < -0.3 is 10.1 Å². The Morgan fingerprint density at radius 1 is 1.25 bits per heavy atom. The second-order valence-corrected chi connectivity index (χ2v) is 7.09. The molecule has 1 heterocycles. The molecule has 0 amide bonds. The molecule has 0 saturated heterocycles. The first-order valence-electron chi connectivity index (χ1n) is 8.11. The van der Waals surface area contributed by atoms with Crippen LogP contribution in [0.4, 0.5) is 0 Å². The van der Waals surface area contributed by atoms with Gasteiger partial charge in [-0.3, -0.25) is 4.79 Å². The van der Waals surface area contributed by atoms with E-state index in [0.29, 0.717) is 5.92 Å². The van der Waals surface area contributed by atoms with Crippen LogP contribution in [0.15, 0.2) is 46.9 Å². The summed E-state index contributed by atoms with van der Waals surface area (Å²) in [6.45, 7) is 4.36. The van der Waals surface area contributed by atoms with Gasteiger partial charge in [-0.1, -0.05) is 48.0 Å². The van der Waals surface area contributed by atoms with E-state index < -0.39 is 5.97 Å². The van der Waals surface area contributed by atoms with Crippen molar-refractivity contribution in [2.24, 2.45) is 0 Å². The average Bonchev–Trinajstić information content (AvgIpc) is 2.91. The molecule has 3 nitrogen and oxygen atoms in total. The molecule has 4 heteroatoms. The molecule has 2 aromatic carbocycles. The average molecular weight is 386 g/mol. The summed E-state index contributed by atoms with van der Waals surface area (Å²) in [7, 11) is 0. The molecule has 3 aromatic rings. The molecule has 124 valence electrons. The van der Waals surface area contributed by atoms with E-state index in [4.69, 9.17) is 0 Å². The van der Waals surface area contributed by atoms with E-state index in [1.165, 1.54) is 5.56 Å². The van der Waals surface area contributed by atoms with Crippen molar-refractivity contribution in [3.8, 4) is 11.3 Å². The molecule has 0 spiro atoms. The van der Waals surface area contributed by atoms with Crippen LogP contribution in [0.25, 0.3) is 22.2 Å². The van der Waals surface area contributed by atoms with Crippen molar-refractivity contribution in [3.63, 3.8) is 0 Å². The predicted molar refractivity (Wildman–Crippen MR) is 101 cm³/mol. The van der Waals surface area contributed by atoms with Crippen molar-refractivity contribution in [2.45, 2.75) is 32.6 Å². The van der Waals surface area contributed by atoms with Crippen LogP contribution in [-0.4, -0.2) is 16.1 Å². The molecule has 1 aromatic heterocycles. The van der Waals surface area contributed by atoms with E-state index in [9.17, 15) is 9.90 Å². The van der Waals surface area contributed by atoms with Crippen molar-refractivity contribution in [1.82, 2.24) is 4.98 Å². The van der Waals surface area contributed by atoms with Crippen LogP contribution < -0.4 is 0 Å². The number of rotatable bonds is 5. The lowest BCUT2D eigenvalue weighted by Crippen LogP contribution is -2.01. The topological polar surface area (TPSA) is 53.1 Å². The number of hydrogen-bond donors (Lipinski definition) is 2. The maximum Gasteiger partial charge on any atom is 0.307 e. The van der Waals surface area contributed by atoms with Gasteiger partial charge in [0.25, 0.3) is 0 Å². The van der Waals surface area contributed by atoms with Crippen molar-refractivity contribution in [3.05, 3.63) is 58.1 Å². The fraction of sp³-hybridized carbons (Fsp3) is 0.250. The van der Waals surface area contributed by atoms with E-state index in [-0.39, 0.29) is 6.42 Å². The molecule has 0 aliphatic carbocycles. The quantitative estimate of drug-likeness (QED) is 0.588. The number of nitrogens with one attached hydrogen (secondary N) is 1. The number of H-pyrrole nitrogens is 1. The fourth-order valence-corrected chi connectivity index (χ4v) is 3.43. The maximum absolute atomic E-state index is 11.4. The monoisotopic (exact) mass is 385 g/mol. The Hall–Kier alpha value is -2.07. The fourth-order valence-electron chi connectivity index (χ4n) is 3.03. The number of aromatic nitrogens is 1. The minimum Gasteiger partial charge on any atom is -0.481 e. The summed E-state index contributed by atoms with van der Waals surface area (Å²) in [5.41, 5.74) is 4.95. The van der Waals surface area contributed by atoms with Gasteiger partial charge in [0.05, 0.1) is 12.1 Å².